The van der Waals surface area contributed by atoms with Crippen molar-refractivity contribution in [3.63, 3.8) is 0 Å². The Bertz CT molecular complexity index is 944. The Morgan fingerprint density at radius 2 is 1.72 bits per heavy atom. The van der Waals surface area contributed by atoms with E-state index in [2.05, 4.69) is 0 Å². The summed E-state index contributed by atoms with van der Waals surface area (Å²) in [5, 5.41) is 11.0. The number of aliphatic hydroxyl groups is 1. The molecule has 0 aromatic heterocycles. The predicted molar refractivity (Wildman–Crippen MR) is 112 cm³/mol. The molecule has 2 aromatic rings. The molecule has 3 rings (SSSR count). The molecule has 1 saturated heterocycles. The number of ether oxygens (including phenoxy) is 1. The molecule has 29 heavy (non-hydrogen) atoms. The first-order valence-electron chi connectivity index (χ1n) is 9.84. The van der Waals surface area contributed by atoms with Gasteiger partial charge in [-0.05, 0) is 38.8 Å². The Hall–Kier alpha value is -2.92. The van der Waals surface area contributed by atoms with Crippen molar-refractivity contribution < 1.29 is 19.4 Å². The summed E-state index contributed by atoms with van der Waals surface area (Å²) in [4.78, 5) is 27.3. The second-order valence-corrected chi connectivity index (χ2v) is 7.63. The lowest BCUT2D eigenvalue weighted by atomic mass is 9.92. The van der Waals surface area contributed by atoms with Gasteiger partial charge in [0.05, 0.1) is 24.3 Å². The molecule has 1 heterocycles. The Kier molecular flexibility index (Phi) is 6.18. The standard InChI is InChI=1S/C24H27NO4/c1-15(2)29-14-13-25-21(19-8-6-5-7-17(19)4)20(23(27)24(25)28)22(26)18-11-9-16(3)10-12-18/h5-12,15,21,26H,13-14H2,1-4H3/b22-20-. The second-order valence-electron chi connectivity index (χ2n) is 7.63. The number of Topliss-reactive ketones (excluding diaryl/α,β-unsaturated/α-hetero) is 1. The van der Waals surface area contributed by atoms with E-state index < -0.39 is 17.7 Å². The van der Waals surface area contributed by atoms with Crippen LogP contribution in [0.3, 0.4) is 0 Å². The van der Waals surface area contributed by atoms with Crippen LogP contribution in [0.5, 0.6) is 0 Å². The van der Waals surface area contributed by atoms with Crippen molar-refractivity contribution in [2.45, 2.75) is 39.8 Å². The molecule has 1 aliphatic heterocycles. The average molecular weight is 393 g/mol. The van der Waals surface area contributed by atoms with Gasteiger partial charge in [0.15, 0.2) is 0 Å². The number of hydrogen-bond acceptors (Lipinski definition) is 4. The van der Waals surface area contributed by atoms with Crippen LogP contribution in [-0.4, -0.2) is 41.0 Å². The minimum Gasteiger partial charge on any atom is -0.507 e. The summed E-state index contributed by atoms with van der Waals surface area (Å²) in [6.07, 6.45) is 0.0243. The third-order valence-electron chi connectivity index (χ3n) is 5.13. The molecule has 5 heteroatoms. The lowest BCUT2D eigenvalue weighted by molar-refractivity contribution is -0.140. The van der Waals surface area contributed by atoms with Crippen LogP contribution < -0.4 is 0 Å². The first kappa shape index (κ1) is 20.8. The molecule has 0 aliphatic carbocycles. The van der Waals surface area contributed by atoms with Crippen molar-refractivity contribution in [1.29, 1.82) is 0 Å². The Labute approximate surface area is 171 Å². The monoisotopic (exact) mass is 393 g/mol. The molecule has 1 fully saturated rings. The summed E-state index contributed by atoms with van der Waals surface area (Å²) in [6.45, 7) is 8.31. The van der Waals surface area contributed by atoms with Crippen LogP contribution in [0.4, 0.5) is 0 Å². The Morgan fingerprint density at radius 1 is 1.07 bits per heavy atom. The van der Waals surface area contributed by atoms with Crippen LogP contribution in [0.25, 0.3) is 5.76 Å². The zero-order chi connectivity index (χ0) is 21.1. The number of carbonyl (C=O) groups is 2. The van der Waals surface area contributed by atoms with E-state index in [0.29, 0.717) is 12.2 Å². The van der Waals surface area contributed by atoms with Crippen LogP contribution in [0, 0.1) is 13.8 Å². The summed E-state index contributed by atoms with van der Waals surface area (Å²) in [6, 6.07) is 14.2. The number of aliphatic hydroxyl groups excluding tert-OH is 1. The fraction of sp³-hybridized carbons (Fsp3) is 0.333. The molecule has 1 amide bonds. The number of carbonyl (C=O) groups excluding carboxylic acids is 2. The molecule has 1 unspecified atom stereocenters. The highest BCUT2D eigenvalue weighted by Gasteiger charge is 2.46. The normalized spacial score (nSPS) is 18.7. The number of ketones is 1. The lowest BCUT2D eigenvalue weighted by Gasteiger charge is -2.26. The first-order chi connectivity index (χ1) is 13.8. The van der Waals surface area contributed by atoms with E-state index in [1.807, 2.05) is 64.1 Å². The number of aryl methyl sites for hydroxylation is 2. The third-order valence-corrected chi connectivity index (χ3v) is 5.13. The summed E-state index contributed by atoms with van der Waals surface area (Å²) < 4.78 is 5.61. The van der Waals surface area contributed by atoms with Gasteiger partial charge in [-0.1, -0.05) is 54.1 Å². The highest BCUT2D eigenvalue weighted by molar-refractivity contribution is 6.46. The topological polar surface area (TPSA) is 66.8 Å². The number of benzene rings is 2. The molecule has 2 aromatic carbocycles. The van der Waals surface area contributed by atoms with Gasteiger partial charge in [0.2, 0.25) is 0 Å². The van der Waals surface area contributed by atoms with E-state index in [-0.39, 0.29) is 24.0 Å². The molecule has 0 spiro atoms. The molecule has 0 saturated carbocycles. The SMILES string of the molecule is Cc1ccc(/C(O)=C2/C(=O)C(=O)N(CCOC(C)C)C2c2ccccc2C)cc1. The molecule has 1 aliphatic rings. The van der Waals surface area contributed by atoms with Crippen LogP contribution in [0.1, 0.15) is 42.1 Å². The van der Waals surface area contributed by atoms with Gasteiger partial charge in [0, 0.05) is 12.1 Å². The minimum atomic E-state index is -0.666. The summed E-state index contributed by atoms with van der Waals surface area (Å²) >= 11 is 0. The highest BCUT2D eigenvalue weighted by Crippen LogP contribution is 2.40. The highest BCUT2D eigenvalue weighted by atomic mass is 16.5. The van der Waals surface area contributed by atoms with Crippen molar-refractivity contribution in [3.05, 3.63) is 76.4 Å². The number of rotatable bonds is 6. The van der Waals surface area contributed by atoms with Gasteiger partial charge >= 0.3 is 0 Å². The molecule has 0 bridgehead atoms. The quantitative estimate of drug-likeness (QED) is 0.455. The van der Waals surface area contributed by atoms with Gasteiger partial charge in [-0.25, -0.2) is 0 Å². The van der Waals surface area contributed by atoms with Crippen LogP contribution in [0.2, 0.25) is 0 Å². The summed E-state index contributed by atoms with van der Waals surface area (Å²) in [7, 11) is 0. The maximum atomic E-state index is 12.9. The summed E-state index contributed by atoms with van der Waals surface area (Å²) in [5.74, 6) is -1.43. The van der Waals surface area contributed by atoms with E-state index in [0.717, 1.165) is 16.7 Å². The second kappa shape index (κ2) is 8.62. The van der Waals surface area contributed by atoms with Gasteiger partial charge in [0.25, 0.3) is 11.7 Å². The minimum absolute atomic E-state index is 0.0243. The Morgan fingerprint density at radius 3 is 2.34 bits per heavy atom. The number of likely N-dealkylation sites (tertiary alicyclic amines) is 1. The number of nitrogens with zero attached hydrogens (tertiary/aromatic N) is 1. The van der Waals surface area contributed by atoms with E-state index in [1.54, 1.807) is 12.1 Å². The fourth-order valence-electron chi connectivity index (χ4n) is 3.58. The summed E-state index contributed by atoms with van der Waals surface area (Å²) in [5.41, 5.74) is 3.46. The van der Waals surface area contributed by atoms with E-state index in [9.17, 15) is 14.7 Å². The van der Waals surface area contributed by atoms with Gasteiger partial charge in [-0.2, -0.15) is 0 Å². The van der Waals surface area contributed by atoms with Crippen molar-refractivity contribution in [2.75, 3.05) is 13.2 Å². The molecule has 152 valence electrons. The van der Waals surface area contributed by atoms with Crippen molar-refractivity contribution in [3.8, 4) is 0 Å². The number of amides is 1. The largest absolute Gasteiger partial charge is 0.507 e. The molecule has 5 nitrogen and oxygen atoms in total. The zero-order valence-electron chi connectivity index (χ0n) is 17.3. The lowest BCUT2D eigenvalue weighted by Crippen LogP contribution is -2.33. The van der Waals surface area contributed by atoms with E-state index in [1.165, 1.54) is 4.90 Å². The Balaban J connectivity index is 2.11. The van der Waals surface area contributed by atoms with Crippen molar-refractivity contribution in [1.82, 2.24) is 4.90 Å². The van der Waals surface area contributed by atoms with Crippen molar-refractivity contribution >= 4 is 17.4 Å². The molecular weight excluding hydrogens is 366 g/mol. The molecular formula is C24H27NO4. The van der Waals surface area contributed by atoms with Crippen LogP contribution in [0.15, 0.2) is 54.1 Å². The molecule has 0 radical (unpaired) electrons. The maximum absolute atomic E-state index is 12.9. The van der Waals surface area contributed by atoms with Crippen LogP contribution in [-0.2, 0) is 14.3 Å². The fourth-order valence-corrected chi connectivity index (χ4v) is 3.58. The van der Waals surface area contributed by atoms with E-state index >= 15 is 0 Å². The molecule has 1 atom stereocenters. The zero-order valence-corrected chi connectivity index (χ0v) is 17.3. The van der Waals surface area contributed by atoms with Crippen LogP contribution >= 0.6 is 0 Å². The first-order valence-corrected chi connectivity index (χ1v) is 9.84. The van der Waals surface area contributed by atoms with Gasteiger partial charge in [0.1, 0.15) is 5.76 Å². The van der Waals surface area contributed by atoms with Gasteiger partial charge < -0.3 is 14.7 Å². The third kappa shape index (κ3) is 4.25. The predicted octanol–water partition coefficient (Wildman–Crippen LogP) is 4.15. The number of hydrogen-bond donors (Lipinski definition) is 1. The molecule has 1 N–H and O–H groups in total. The maximum Gasteiger partial charge on any atom is 0.295 e. The van der Waals surface area contributed by atoms with Gasteiger partial charge in [-0.15, -0.1) is 0 Å². The smallest absolute Gasteiger partial charge is 0.295 e. The average Bonchev–Trinajstić information content (AvgIpc) is 2.93. The van der Waals surface area contributed by atoms with E-state index in [4.69, 9.17) is 4.74 Å². The van der Waals surface area contributed by atoms with Gasteiger partial charge in [-0.3, -0.25) is 9.59 Å². The van der Waals surface area contributed by atoms with Crippen molar-refractivity contribution in [2.24, 2.45) is 0 Å².